The van der Waals surface area contributed by atoms with E-state index in [2.05, 4.69) is 10.4 Å². The highest BCUT2D eigenvalue weighted by atomic mass is 32.1. The number of ether oxygens (including phenoxy) is 1. The summed E-state index contributed by atoms with van der Waals surface area (Å²) in [5, 5.41) is 6.67. The number of nitrogens with one attached hydrogen (secondary N) is 1. The van der Waals surface area contributed by atoms with E-state index in [0.717, 1.165) is 4.68 Å². The molecule has 1 aliphatic rings. The van der Waals surface area contributed by atoms with E-state index in [4.69, 9.17) is 21.4 Å². The van der Waals surface area contributed by atoms with E-state index in [9.17, 15) is 22.4 Å². The van der Waals surface area contributed by atoms with Crippen molar-refractivity contribution in [3.8, 4) is 5.75 Å². The number of benzene rings is 1. The van der Waals surface area contributed by atoms with Gasteiger partial charge in [0, 0.05) is 5.56 Å². The molecule has 34 heavy (non-hydrogen) atoms. The first-order chi connectivity index (χ1) is 16.3. The molecule has 0 spiro atoms. The topological polar surface area (TPSA) is 72.5 Å². The molecule has 3 heterocycles. The van der Waals surface area contributed by atoms with E-state index in [0.29, 0.717) is 28.7 Å². The molecule has 1 aliphatic heterocycles. The molecule has 0 aliphatic carbocycles. The monoisotopic (exact) mass is 494 g/mol. The number of aromatic nitrogens is 2. The summed E-state index contributed by atoms with van der Waals surface area (Å²) >= 11 is 5.25. The van der Waals surface area contributed by atoms with Gasteiger partial charge in [0.25, 0.3) is 18.8 Å². The average molecular weight is 494 g/mol. The van der Waals surface area contributed by atoms with Crippen molar-refractivity contribution in [3.05, 3.63) is 76.6 Å². The van der Waals surface area contributed by atoms with Gasteiger partial charge in [-0.1, -0.05) is 6.07 Å². The Balaban J connectivity index is 1.62. The van der Waals surface area contributed by atoms with E-state index >= 15 is 0 Å². The number of carbonyl (C=O) groups is 1. The third-order valence-corrected chi connectivity index (χ3v) is 5.39. The van der Waals surface area contributed by atoms with E-state index in [1.165, 1.54) is 18.3 Å². The maximum Gasteiger partial charge on any atom is 0.282 e. The van der Waals surface area contributed by atoms with Gasteiger partial charge in [0.05, 0.1) is 26.5 Å². The Morgan fingerprint density at radius 1 is 1.18 bits per heavy atom. The SMILES string of the molecule is COc1ccc(/C=C2/NC(=S)N(Cc3ccco3)C2=O)cc1Cn1nc(C(F)F)cc1C(F)F. The van der Waals surface area contributed by atoms with Crippen LogP contribution in [-0.4, -0.2) is 32.8 Å². The van der Waals surface area contributed by atoms with Crippen molar-refractivity contribution in [2.45, 2.75) is 25.9 Å². The first-order valence-electron chi connectivity index (χ1n) is 9.94. The maximum absolute atomic E-state index is 13.4. The summed E-state index contributed by atoms with van der Waals surface area (Å²) in [5.41, 5.74) is -0.219. The fraction of sp³-hybridized carbons (Fsp3) is 0.227. The van der Waals surface area contributed by atoms with E-state index < -0.39 is 24.2 Å². The average Bonchev–Trinajstić information content (AvgIpc) is 3.51. The molecule has 7 nitrogen and oxygen atoms in total. The molecule has 1 aromatic carbocycles. The number of furan rings is 1. The number of nitrogens with zero attached hydrogens (tertiary/aromatic N) is 3. The predicted octanol–water partition coefficient (Wildman–Crippen LogP) is 4.67. The van der Waals surface area contributed by atoms with Crippen LogP contribution in [-0.2, 0) is 17.9 Å². The minimum absolute atomic E-state index is 0.158. The van der Waals surface area contributed by atoms with Crippen LogP contribution in [0.25, 0.3) is 6.08 Å². The smallest absolute Gasteiger partial charge is 0.282 e. The third kappa shape index (κ3) is 4.81. The van der Waals surface area contributed by atoms with Crippen molar-refractivity contribution in [1.82, 2.24) is 20.0 Å². The van der Waals surface area contributed by atoms with Crippen molar-refractivity contribution in [1.29, 1.82) is 0 Å². The Labute approximate surface area is 196 Å². The number of halogens is 4. The van der Waals surface area contributed by atoms with Crippen LogP contribution in [0.1, 0.15) is 41.1 Å². The zero-order chi connectivity index (χ0) is 24.4. The first kappa shape index (κ1) is 23.5. The van der Waals surface area contributed by atoms with Crippen LogP contribution in [0.5, 0.6) is 5.75 Å². The molecule has 2 aromatic heterocycles. The largest absolute Gasteiger partial charge is 0.496 e. The molecule has 0 atom stereocenters. The summed E-state index contributed by atoms with van der Waals surface area (Å²) in [6.07, 6.45) is -2.94. The van der Waals surface area contributed by atoms with Crippen LogP contribution >= 0.6 is 12.2 Å². The van der Waals surface area contributed by atoms with E-state index in [1.807, 2.05) is 0 Å². The zero-order valence-electron chi connectivity index (χ0n) is 17.7. The Kier molecular flexibility index (Phi) is 6.68. The highest BCUT2D eigenvalue weighted by Crippen LogP contribution is 2.28. The second-order valence-electron chi connectivity index (χ2n) is 7.28. The highest BCUT2D eigenvalue weighted by Gasteiger charge is 2.31. The van der Waals surface area contributed by atoms with Crippen molar-refractivity contribution in [2.75, 3.05) is 7.11 Å². The summed E-state index contributed by atoms with van der Waals surface area (Å²) in [7, 11) is 1.39. The second kappa shape index (κ2) is 9.67. The lowest BCUT2D eigenvalue weighted by Crippen LogP contribution is -2.29. The predicted molar refractivity (Wildman–Crippen MR) is 117 cm³/mol. The molecule has 1 fully saturated rings. The lowest BCUT2D eigenvalue weighted by molar-refractivity contribution is -0.122. The van der Waals surface area contributed by atoms with E-state index in [-0.39, 0.29) is 29.8 Å². The van der Waals surface area contributed by atoms with Gasteiger partial charge in [0.1, 0.15) is 28.6 Å². The Morgan fingerprint density at radius 3 is 2.62 bits per heavy atom. The summed E-state index contributed by atoms with van der Waals surface area (Å²) in [5.74, 6) is 0.534. The normalized spacial score (nSPS) is 15.1. The number of carbonyl (C=O) groups excluding carboxylic acids is 1. The number of methoxy groups -OCH3 is 1. The molecule has 0 saturated carbocycles. The molecule has 1 N–H and O–H groups in total. The summed E-state index contributed by atoms with van der Waals surface area (Å²) < 4.78 is 64.1. The lowest BCUT2D eigenvalue weighted by atomic mass is 10.1. The Bertz CT molecular complexity index is 1240. The summed E-state index contributed by atoms with van der Waals surface area (Å²) in [6.45, 7) is -0.0813. The number of rotatable bonds is 8. The van der Waals surface area contributed by atoms with Gasteiger partial charge >= 0.3 is 0 Å². The van der Waals surface area contributed by atoms with Crippen molar-refractivity contribution in [3.63, 3.8) is 0 Å². The number of hydrogen-bond acceptors (Lipinski definition) is 5. The molecule has 0 bridgehead atoms. The van der Waals surface area contributed by atoms with Gasteiger partial charge < -0.3 is 14.5 Å². The van der Waals surface area contributed by atoms with Gasteiger partial charge in [-0.15, -0.1) is 0 Å². The number of alkyl halides is 4. The minimum atomic E-state index is -2.99. The van der Waals surface area contributed by atoms with Gasteiger partial charge in [-0.05, 0) is 54.2 Å². The zero-order valence-corrected chi connectivity index (χ0v) is 18.5. The molecule has 12 heteroatoms. The Morgan fingerprint density at radius 2 is 1.97 bits per heavy atom. The molecule has 3 aromatic rings. The quantitative estimate of drug-likeness (QED) is 0.279. The number of thiocarbonyl (C=S) groups is 1. The van der Waals surface area contributed by atoms with Crippen molar-refractivity contribution >= 4 is 29.3 Å². The van der Waals surface area contributed by atoms with Gasteiger partial charge in [0.2, 0.25) is 0 Å². The molecule has 4 rings (SSSR count). The van der Waals surface area contributed by atoms with Crippen LogP contribution in [0.3, 0.4) is 0 Å². The Hall–Kier alpha value is -3.67. The van der Waals surface area contributed by atoms with Gasteiger partial charge in [-0.3, -0.25) is 14.4 Å². The molecule has 178 valence electrons. The minimum Gasteiger partial charge on any atom is -0.496 e. The molecular formula is C22H18F4N4O3S. The van der Waals surface area contributed by atoms with Crippen LogP contribution in [0.2, 0.25) is 0 Å². The molecule has 0 unspecified atom stereocenters. The van der Waals surface area contributed by atoms with E-state index in [1.54, 1.807) is 36.4 Å². The summed E-state index contributed by atoms with van der Waals surface area (Å²) in [4.78, 5) is 14.1. The fourth-order valence-electron chi connectivity index (χ4n) is 3.47. The van der Waals surface area contributed by atoms with Crippen LogP contribution < -0.4 is 10.1 Å². The standard InChI is InChI=1S/C22H18F4N4O3S/c1-32-18-5-4-12(7-13(18)10-30-17(20(25)26)9-15(28-30)19(23)24)8-16-21(31)29(22(34)27-16)11-14-3-2-6-33-14/h2-9,19-20H,10-11H2,1H3,(H,27,34)/b16-8+. The van der Waals surface area contributed by atoms with Crippen LogP contribution in [0.15, 0.2) is 52.8 Å². The van der Waals surface area contributed by atoms with Gasteiger partial charge in [0.15, 0.2) is 5.11 Å². The van der Waals surface area contributed by atoms with Gasteiger partial charge in [-0.25, -0.2) is 17.6 Å². The maximum atomic E-state index is 13.4. The van der Waals surface area contributed by atoms with Gasteiger partial charge in [-0.2, -0.15) is 5.10 Å². The molecule has 0 radical (unpaired) electrons. The fourth-order valence-corrected chi connectivity index (χ4v) is 3.73. The molecule has 1 amide bonds. The number of amides is 1. The highest BCUT2D eigenvalue weighted by molar-refractivity contribution is 7.80. The third-order valence-electron chi connectivity index (χ3n) is 5.07. The first-order valence-corrected chi connectivity index (χ1v) is 10.4. The second-order valence-corrected chi connectivity index (χ2v) is 7.67. The molecule has 1 saturated heterocycles. The van der Waals surface area contributed by atoms with Crippen molar-refractivity contribution < 1.29 is 31.5 Å². The lowest BCUT2D eigenvalue weighted by Gasteiger charge is -2.12. The summed E-state index contributed by atoms with van der Waals surface area (Å²) in [6, 6.07) is 8.94. The van der Waals surface area contributed by atoms with Crippen LogP contribution in [0, 0.1) is 0 Å². The van der Waals surface area contributed by atoms with Crippen LogP contribution in [0.4, 0.5) is 17.6 Å². The van der Waals surface area contributed by atoms with Crippen molar-refractivity contribution in [2.24, 2.45) is 0 Å². The number of hydrogen-bond donors (Lipinski definition) is 1. The molecular weight excluding hydrogens is 476 g/mol.